The summed E-state index contributed by atoms with van der Waals surface area (Å²) in [6.45, 7) is 2.76. The minimum absolute atomic E-state index is 0.155. The Labute approximate surface area is 142 Å². The van der Waals surface area contributed by atoms with Gasteiger partial charge in [0.25, 0.3) is 0 Å². The highest BCUT2D eigenvalue weighted by atomic mass is 35.5. The lowest BCUT2D eigenvalue weighted by Crippen LogP contribution is -2.26. The summed E-state index contributed by atoms with van der Waals surface area (Å²) in [5.41, 5.74) is 1.85. The lowest BCUT2D eigenvalue weighted by molar-refractivity contribution is 0.546. The second-order valence-corrected chi connectivity index (χ2v) is 7.61. The number of hydrogen-bond acceptors (Lipinski definition) is 6. The molecule has 122 valence electrons. The van der Waals surface area contributed by atoms with E-state index in [4.69, 9.17) is 11.6 Å². The van der Waals surface area contributed by atoms with Crippen LogP contribution < -0.4 is 4.72 Å². The molecule has 0 unspecified atom stereocenters. The van der Waals surface area contributed by atoms with Crippen molar-refractivity contribution in [2.45, 2.75) is 24.8 Å². The van der Waals surface area contributed by atoms with Crippen molar-refractivity contribution in [2.75, 3.05) is 6.54 Å². The number of hydrogen-bond donors (Lipinski definition) is 1. The highest BCUT2D eigenvalue weighted by Crippen LogP contribution is 2.20. The van der Waals surface area contributed by atoms with Crippen LogP contribution in [-0.2, 0) is 16.6 Å². The van der Waals surface area contributed by atoms with E-state index in [-0.39, 0.29) is 4.90 Å². The summed E-state index contributed by atoms with van der Waals surface area (Å²) in [5, 5.41) is 4.74. The van der Waals surface area contributed by atoms with Crippen LogP contribution in [0.25, 0.3) is 11.0 Å². The Balaban J connectivity index is 1.65. The number of nitrogens with one attached hydrogen (secondary N) is 1. The summed E-state index contributed by atoms with van der Waals surface area (Å²) in [6, 6.07) is 4.93. The predicted molar refractivity (Wildman–Crippen MR) is 89.2 cm³/mol. The third kappa shape index (κ3) is 3.37. The molecule has 10 heteroatoms. The summed E-state index contributed by atoms with van der Waals surface area (Å²) >= 11 is 6.93. The van der Waals surface area contributed by atoms with Gasteiger partial charge in [-0.1, -0.05) is 17.7 Å². The fourth-order valence-electron chi connectivity index (χ4n) is 2.16. The van der Waals surface area contributed by atoms with Gasteiger partial charge in [-0.2, -0.15) is 13.8 Å². The van der Waals surface area contributed by atoms with Crippen molar-refractivity contribution in [1.29, 1.82) is 0 Å². The van der Waals surface area contributed by atoms with E-state index >= 15 is 0 Å². The van der Waals surface area contributed by atoms with Gasteiger partial charge in [0.05, 0.1) is 28.6 Å². The van der Waals surface area contributed by atoms with Crippen LogP contribution >= 0.6 is 23.3 Å². The molecule has 0 radical (unpaired) electrons. The van der Waals surface area contributed by atoms with Crippen molar-refractivity contribution in [2.24, 2.45) is 0 Å². The van der Waals surface area contributed by atoms with Crippen molar-refractivity contribution in [3.8, 4) is 0 Å². The fourth-order valence-corrected chi connectivity index (χ4v) is 4.14. The zero-order chi connectivity index (χ0) is 16.4. The monoisotopic (exact) mass is 371 g/mol. The lowest BCUT2D eigenvalue weighted by Gasteiger charge is -2.08. The van der Waals surface area contributed by atoms with Crippen LogP contribution in [0.1, 0.15) is 12.1 Å². The molecular formula is C13H14ClN5O2S2. The summed E-state index contributed by atoms with van der Waals surface area (Å²) in [6.07, 6.45) is 2.18. The number of aryl methyl sites for hydroxylation is 1. The smallest absolute Gasteiger partial charge is 0.242 e. The van der Waals surface area contributed by atoms with Crippen LogP contribution in [0.4, 0.5) is 0 Å². The van der Waals surface area contributed by atoms with Crippen LogP contribution in [0.5, 0.6) is 0 Å². The maximum Gasteiger partial charge on any atom is 0.242 e. The molecule has 0 saturated carbocycles. The van der Waals surface area contributed by atoms with Gasteiger partial charge in [-0.3, -0.25) is 4.68 Å². The van der Waals surface area contributed by atoms with E-state index in [9.17, 15) is 8.42 Å². The number of nitrogens with zero attached hydrogens (tertiary/aromatic N) is 4. The molecule has 1 aromatic carbocycles. The van der Waals surface area contributed by atoms with Crippen molar-refractivity contribution >= 4 is 44.4 Å². The Morgan fingerprint density at radius 1 is 1.35 bits per heavy atom. The van der Waals surface area contributed by atoms with E-state index in [1.165, 1.54) is 6.07 Å². The number of rotatable bonds is 6. The molecule has 2 aromatic heterocycles. The molecule has 0 amide bonds. The lowest BCUT2D eigenvalue weighted by atomic mass is 10.3. The van der Waals surface area contributed by atoms with Gasteiger partial charge >= 0.3 is 0 Å². The maximum absolute atomic E-state index is 12.4. The van der Waals surface area contributed by atoms with Gasteiger partial charge in [0.1, 0.15) is 15.9 Å². The first-order chi connectivity index (χ1) is 11.0. The largest absolute Gasteiger partial charge is 0.268 e. The minimum atomic E-state index is -3.62. The molecule has 3 aromatic rings. The molecule has 0 atom stereocenters. The average Bonchev–Trinajstić information content (AvgIpc) is 3.12. The SMILES string of the molecule is Cc1c(Cl)cnn1CCCNS(=O)(=O)c1cccc2nsnc12. The molecular weight excluding hydrogens is 358 g/mol. The highest BCUT2D eigenvalue weighted by molar-refractivity contribution is 7.89. The minimum Gasteiger partial charge on any atom is -0.268 e. The van der Waals surface area contributed by atoms with Gasteiger partial charge in [0.2, 0.25) is 10.0 Å². The Hall–Kier alpha value is -1.55. The van der Waals surface area contributed by atoms with Crippen molar-refractivity contribution in [3.63, 3.8) is 0 Å². The Kier molecular flexibility index (Phi) is 4.62. The quantitative estimate of drug-likeness (QED) is 0.671. The molecule has 0 fully saturated rings. The third-order valence-corrected chi connectivity index (χ3v) is 5.83. The van der Waals surface area contributed by atoms with E-state index in [2.05, 4.69) is 18.6 Å². The zero-order valence-electron chi connectivity index (χ0n) is 12.2. The molecule has 0 aliphatic rings. The Morgan fingerprint density at radius 3 is 2.91 bits per heavy atom. The van der Waals surface area contributed by atoms with Gasteiger partial charge < -0.3 is 0 Å². The second-order valence-electron chi connectivity index (χ2n) is 4.94. The second kappa shape index (κ2) is 6.52. The molecule has 0 spiro atoms. The number of sulfonamides is 1. The van der Waals surface area contributed by atoms with Gasteiger partial charge in [0.15, 0.2) is 0 Å². The Morgan fingerprint density at radius 2 is 2.17 bits per heavy atom. The molecule has 0 bridgehead atoms. The molecule has 1 N–H and O–H groups in total. The average molecular weight is 372 g/mol. The van der Waals surface area contributed by atoms with Gasteiger partial charge in [-0.15, -0.1) is 0 Å². The first-order valence-corrected chi connectivity index (χ1v) is 9.47. The molecule has 0 saturated heterocycles. The molecule has 3 rings (SSSR count). The van der Waals surface area contributed by atoms with Crippen LogP contribution in [0.2, 0.25) is 5.02 Å². The molecule has 0 aliphatic heterocycles. The van der Waals surface area contributed by atoms with Crippen molar-refractivity contribution < 1.29 is 8.42 Å². The summed E-state index contributed by atoms with van der Waals surface area (Å²) in [5.74, 6) is 0. The maximum atomic E-state index is 12.4. The van der Waals surface area contributed by atoms with E-state index in [1.54, 1.807) is 23.0 Å². The van der Waals surface area contributed by atoms with Crippen LogP contribution in [0.3, 0.4) is 0 Å². The van der Waals surface area contributed by atoms with Crippen molar-refractivity contribution in [1.82, 2.24) is 23.2 Å². The number of fused-ring (bicyclic) bond motifs is 1. The van der Waals surface area contributed by atoms with Gasteiger partial charge in [-0.25, -0.2) is 13.1 Å². The van der Waals surface area contributed by atoms with E-state index in [1.807, 2.05) is 6.92 Å². The standard InChI is InChI=1S/C13H14ClN5O2S2/c1-9-10(14)8-15-19(9)7-3-6-16-23(20,21)12-5-2-4-11-13(12)18-22-17-11/h2,4-5,8,16H,3,6-7H2,1H3. The fraction of sp³-hybridized carbons (Fsp3) is 0.308. The van der Waals surface area contributed by atoms with Gasteiger partial charge in [-0.05, 0) is 25.5 Å². The first-order valence-electron chi connectivity index (χ1n) is 6.88. The van der Waals surface area contributed by atoms with E-state index in [0.717, 1.165) is 17.4 Å². The molecule has 23 heavy (non-hydrogen) atoms. The summed E-state index contributed by atoms with van der Waals surface area (Å²) in [4.78, 5) is 0.155. The summed E-state index contributed by atoms with van der Waals surface area (Å²) < 4.78 is 37.3. The van der Waals surface area contributed by atoms with Crippen LogP contribution in [-0.4, -0.2) is 33.5 Å². The topological polar surface area (TPSA) is 89.8 Å². The predicted octanol–water partition coefficient (Wildman–Crippen LogP) is 2.22. The highest BCUT2D eigenvalue weighted by Gasteiger charge is 2.18. The third-order valence-electron chi connectivity index (χ3n) is 3.42. The normalized spacial score (nSPS) is 12.1. The Bertz CT molecular complexity index is 935. The number of benzene rings is 1. The van der Waals surface area contributed by atoms with E-state index in [0.29, 0.717) is 35.6 Å². The van der Waals surface area contributed by atoms with Crippen molar-refractivity contribution in [3.05, 3.63) is 35.1 Å². The van der Waals surface area contributed by atoms with Crippen LogP contribution in [0.15, 0.2) is 29.3 Å². The number of halogens is 1. The molecule has 0 aliphatic carbocycles. The number of aromatic nitrogens is 4. The molecule has 2 heterocycles. The van der Waals surface area contributed by atoms with E-state index < -0.39 is 10.0 Å². The van der Waals surface area contributed by atoms with Crippen LogP contribution in [0, 0.1) is 6.92 Å². The summed E-state index contributed by atoms with van der Waals surface area (Å²) in [7, 11) is -3.62. The van der Waals surface area contributed by atoms with Gasteiger partial charge in [0, 0.05) is 13.1 Å². The molecule has 7 nitrogen and oxygen atoms in total. The zero-order valence-corrected chi connectivity index (χ0v) is 14.6. The first kappa shape index (κ1) is 16.3.